The van der Waals surface area contributed by atoms with E-state index in [9.17, 15) is 14.4 Å². The molecule has 2 heterocycles. The Balaban J connectivity index is 0.000000178. The minimum atomic E-state index is -1.97. The van der Waals surface area contributed by atoms with Gasteiger partial charge in [0.2, 0.25) is 3.79 Å². The van der Waals surface area contributed by atoms with Crippen LogP contribution in [0.2, 0.25) is 15.1 Å². The second-order valence-corrected chi connectivity index (χ2v) is 13.7. The molecule has 6 rings (SSSR count). The Bertz CT molecular complexity index is 1760. The smallest absolute Gasteiger partial charge is 0.375 e. The Morgan fingerprint density at radius 1 is 0.955 bits per heavy atom. The fourth-order valence-electron chi connectivity index (χ4n) is 5.23. The molecular formula is C30H21Cl6N3O5. The molecule has 4 aromatic rings. The first-order chi connectivity index (χ1) is 20.7. The number of epoxide rings is 1. The van der Waals surface area contributed by atoms with Gasteiger partial charge in [0.25, 0.3) is 5.82 Å². The van der Waals surface area contributed by atoms with Crippen LogP contribution in [0, 0.1) is 5.41 Å². The number of hydrogen-bond acceptors (Lipinski definition) is 6. The molecule has 2 aliphatic rings. The van der Waals surface area contributed by atoms with Crippen LogP contribution in [0.4, 0.5) is 0 Å². The molecule has 0 spiro atoms. The van der Waals surface area contributed by atoms with Gasteiger partial charge in [-0.05, 0) is 42.3 Å². The molecule has 14 heteroatoms. The van der Waals surface area contributed by atoms with Gasteiger partial charge in [0, 0.05) is 27.6 Å². The number of Topliss-reactive ketones (excluding diaryl/α,β-unsaturated/α-hetero) is 2. The second kappa shape index (κ2) is 12.2. The molecule has 3 aromatic carbocycles. The normalized spacial score (nSPS) is 18.4. The number of rotatable bonds is 6. The molecule has 1 aromatic heterocycles. The van der Waals surface area contributed by atoms with E-state index < -0.39 is 26.6 Å². The van der Waals surface area contributed by atoms with Crippen LogP contribution in [0.3, 0.4) is 0 Å². The predicted octanol–water partition coefficient (Wildman–Crippen LogP) is 8.53. The van der Waals surface area contributed by atoms with Crippen molar-refractivity contribution in [3.8, 4) is 5.69 Å². The first-order valence-corrected chi connectivity index (χ1v) is 15.3. The third-order valence-electron chi connectivity index (χ3n) is 7.51. The van der Waals surface area contributed by atoms with E-state index in [1.807, 2.05) is 25.1 Å². The lowest BCUT2D eigenvalue weighted by molar-refractivity contribution is 0.0615. The molecule has 228 valence electrons. The third kappa shape index (κ3) is 6.09. The number of carboxylic acids is 1. The standard InChI is InChI=1S/C20H17ClO3.C10H4Cl5N3O2/c1-2-19(17(22)15-8-3-4-9-16(15)18(19)23)11-20(12-24-20)13-6-5-7-14(21)10-13;11-4-1-2-6(5(12)3-4)18-9(10(13,14)15)16-7(17-18)8(19)20/h3-10H,2,11-12H2,1H3;1-3H,(H,19,20). The Kier molecular flexibility index (Phi) is 9.10. The molecule has 0 amide bonds. The predicted molar refractivity (Wildman–Crippen MR) is 169 cm³/mol. The van der Waals surface area contributed by atoms with Crippen molar-refractivity contribution in [1.29, 1.82) is 0 Å². The minimum Gasteiger partial charge on any atom is -0.475 e. The quantitative estimate of drug-likeness (QED) is 0.121. The van der Waals surface area contributed by atoms with Gasteiger partial charge in [-0.2, -0.15) is 0 Å². The average Bonchev–Trinajstić information content (AvgIpc) is 3.55. The van der Waals surface area contributed by atoms with Crippen molar-refractivity contribution in [2.75, 3.05) is 6.61 Å². The number of carboxylic acid groups (broad SMARTS) is 1. The SMILES string of the molecule is CCC1(CC2(c3cccc(Cl)c3)CO2)C(=O)c2ccccc2C1=O.O=C(O)c1nc(C(Cl)(Cl)Cl)n(-c2ccc(Cl)cc2Cl)n1. The van der Waals surface area contributed by atoms with E-state index in [0.717, 1.165) is 10.2 Å². The summed E-state index contributed by atoms with van der Waals surface area (Å²) in [6.07, 6.45) is 0.828. The van der Waals surface area contributed by atoms with Gasteiger partial charge in [0.05, 0.1) is 22.7 Å². The van der Waals surface area contributed by atoms with E-state index in [4.69, 9.17) is 79.4 Å². The molecule has 1 N–H and O–H groups in total. The third-order valence-corrected chi connectivity index (χ3v) is 8.79. The van der Waals surface area contributed by atoms with Crippen molar-refractivity contribution in [3.05, 3.63) is 110 Å². The van der Waals surface area contributed by atoms with Crippen molar-refractivity contribution in [2.45, 2.75) is 29.2 Å². The second-order valence-electron chi connectivity index (χ2n) is 10.2. The molecule has 0 radical (unpaired) electrons. The molecule has 1 unspecified atom stereocenters. The maximum Gasteiger partial charge on any atom is 0.375 e. The van der Waals surface area contributed by atoms with E-state index in [2.05, 4.69) is 10.1 Å². The Hall–Kier alpha value is -2.69. The summed E-state index contributed by atoms with van der Waals surface area (Å²) < 4.78 is 4.84. The zero-order chi connectivity index (χ0) is 32.0. The monoisotopic (exact) mass is 713 g/mol. The van der Waals surface area contributed by atoms with Crippen LogP contribution >= 0.6 is 69.6 Å². The van der Waals surface area contributed by atoms with Crippen LogP contribution in [0.15, 0.2) is 66.7 Å². The number of ketones is 2. The summed E-state index contributed by atoms with van der Waals surface area (Å²) in [5.41, 5.74) is 0.658. The number of aromatic nitrogens is 3. The zero-order valence-corrected chi connectivity index (χ0v) is 27.2. The van der Waals surface area contributed by atoms with E-state index in [0.29, 0.717) is 40.6 Å². The average molecular weight is 716 g/mol. The first kappa shape index (κ1) is 32.7. The molecule has 1 aliphatic heterocycles. The zero-order valence-electron chi connectivity index (χ0n) is 22.7. The van der Waals surface area contributed by atoms with Crippen LogP contribution in [0.1, 0.15) is 62.5 Å². The molecule has 1 aliphatic carbocycles. The number of halogens is 6. The summed E-state index contributed by atoms with van der Waals surface area (Å²) in [6, 6.07) is 19.0. The highest BCUT2D eigenvalue weighted by molar-refractivity contribution is 6.66. The summed E-state index contributed by atoms with van der Waals surface area (Å²) in [6.45, 7) is 2.40. The highest BCUT2D eigenvalue weighted by atomic mass is 35.6. The summed E-state index contributed by atoms with van der Waals surface area (Å²) >= 11 is 35.2. The minimum absolute atomic E-state index is 0.0810. The van der Waals surface area contributed by atoms with E-state index in [1.54, 1.807) is 30.3 Å². The molecule has 0 bridgehead atoms. The van der Waals surface area contributed by atoms with Gasteiger partial charge in [0.1, 0.15) is 5.60 Å². The topological polar surface area (TPSA) is 115 Å². The molecule has 1 saturated heterocycles. The molecule has 44 heavy (non-hydrogen) atoms. The number of aromatic carboxylic acids is 1. The van der Waals surface area contributed by atoms with Gasteiger partial charge >= 0.3 is 5.97 Å². The summed E-state index contributed by atoms with van der Waals surface area (Å²) in [4.78, 5) is 40.8. The molecule has 8 nitrogen and oxygen atoms in total. The molecular weight excluding hydrogens is 695 g/mol. The van der Waals surface area contributed by atoms with E-state index in [1.165, 1.54) is 18.2 Å². The fourth-order valence-corrected chi connectivity index (χ4v) is 6.27. The summed E-state index contributed by atoms with van der Waals surface area (Å²) in [5.74, 6) is -2.23. The van der Waals surface area contributed by atoms with Crippen molar-refractivity contribution in [2.24, 2.45) is 5.41 Å². The number of alkyl halides is 3. The van der Waals surface area contributed by atoms with Crippen LogP contribution in [-0.4, -0.2) is 44.0 Å². The van der Waals surface area contributed by atoms with Gasteiger partial charge in [0.15, 0.2) is 17.4 Å². The Labute approximate surface area is 281 Å². The lowest BCUT2D eigenvalue weighted by Crippen LogP contribution is -2.37. The first-order valence-electron chi connectivity index (χ1n) is 13.0. The van der Waals surface area contributed by atoms with E-state index >= 15 is 0 Å². The molecule has 0 saturated carbocycles. The van der Waals surface area contributed by atoms with E-state index in [-0.39, 0.29) is 28.1 Å². The highest BCUT2D eigenvalue weighted by Gasteiger charge is 2.60. The van der Waals surface area contributed by atoms with Gasteiger partial charge in [-0.1, -0.05) is 113 Å². The van der Waals surface area contributed by atoms with Crippen molar-refractivity contribution >= 4 is 87.1 Å². The van der Waals surface area contributed by atoms with Crippen LogP contribution in [-0.2, 0) is 14.1 Å². The number of benzene rings is 3. The van der Waals surface area contributed by atoms with Crippen LogP contribution in [0.5, 0.6) is 0 Å². The number of carbonyl (C=O) groups excluding carboxylic acids is 2. The van der Waals surface area contributed by atoms with Gasteiger partial charge < -0.3 is 9.84 Å². The summed E-state index contributed by atoms with van der Waals surface area (Å²) in [7, 11) is 0. The maximum atomic E-state index is 13.1. The number of ether oxygens (including phenoxy) is 1. The van der Waals surface area contributed by atoms with Crippen molar-refractivity contribution in [1.82, 2.24) is 14.8 Å². The highest BCUT2D eigenvalue weighted by Crippen LogP contribution is 2.53. The Morgan fingerprint density at radius 3 is 2.07 bits per heavy atom. The van der Waals surface area contributed by atoms with Gasteiger partial charge in [-0.3, -0.25) is 9.59 Å². The summed E-state index contributed by atoms with van der Waals surface area (Å²) in [5, 5.41) is 13.9. The van der Waals surface area contributed by atoms with Crippen molar-refractivity contribution < 1.29 is 24.2 Å². The maximum absolute atomic E-state index is 13.1. The van der Waals surface area contributed by atoms with Gasteiger partial charge in [-0.25, -0.2) is 14.5 Å². The Morgan fingerprint density at radius 2 is 1.57 bits per heavy atom. The number of hydrogen-bond donors (Lipinski definition) is 1. The van der Waals surface area contributed by atoms with Crippen LogP contribution < -0.4 is 0 Å². The number of fused-ring (bicyclic) bond motifs is 1. The number of carbonyl (C=O) groups is 3. The van der Waals surface area contributed by atoms with Crippen LogP contribution in [0.25, 0.3) is 5.69 Å². The fraction of sp³-hybridized carbons (Fsp3) is 0.233. The lowest BCUT2D eigenvalue weighted by atomic mass is 9.71. The van der Waals surface area contributed by atoms with Gasteiger partial charge in [-0.15, -0.1) is 5.10 Å². The largest absolute Gasteiger partial charge is 0.475 e. The molecule has 1 atom stereocenters. The molecule has 1 fully saturated rings. The number of nitrogens with zero attached hydrogens (tertiary/aromatic N) is 3. The van der Waals surface area contributed by atoms with Crippen molar-refractivity contribution in [3.63, 3.8) is 0 Å². The lowest BCUT2D eigenvalue weighted by Gasteiger charge is -2.28.